The lowest BCUT2D eigenvalue weighted by atomic mass is 10.0. The number of hydrogen-bond acceptors (Lipinski definition) is 5. The van der Waals surface area contributed by atoms with Crippen LogP contribution in [-0.4, -0.2) is 71.9 Å². The van der Waals surface area contributed by atoms with Gasteiger partial charge in [-0.25, -0.2) is 0 Å². The Balaban J connectivity index is 1.66. The molecule has 0 bridgehead atoms. The van der Waals surface area contributed by atoms with Crippen molar-refractivity contribution in [2.45, 2.75) is 77.0 Å². The minimum absolute atomic E-state index is 0.0222. The van der Waals surface area contributed by atoms with Gasteiger partial charge in [0.15, 0.2) is 0 Å². The van der Waals surface area contributed by atoms with Crippen LogP contribution in [0.3, 0.4) is 0 Å². The van der Waals surface area contributed by atoms with Crippen molar-refractivity contribution in [2.75, 3.05) is 33.8 Å². The number of rotatable bonds is 6. The van der Waals surface area contributed by atoms with E-state index in [2.05, 4.69) is 36.1 Å². The maximum absolute atomic E-state index is 12.4. The molecule has 2 aromatic rings. The molecule has 0 unspecified atom stereocenters. The summed E-state index contributed by atoms with van der Waals surface area (Å²) in [5, 5.41) is 21.2. The van der Waals surface area contributed by atoms with Crippen molar-refractivity contribution >= 4 is 5.91 Å². The van der Waals surface area contributed by atoms with Crippen molar-refractivity contribution < 1.29 is 19.7 Å². The number of amides is 1. The number of unbranched alkanes of at least 4 members (excludes halogenated alkanes) is 1. The Bertz CT molecular complexity index is 944. The number of benzene rings is 2. The monoisotopic (exact) mass is 496 g/mol. The lowest BCUT2D eigenvalue weighted by molar-refractivity contribution is -0.0163. The molecule has 1 aliphatic heterocycles. The Morgan fingerprint density at radius 1 is 1.00 bits per heavy atom. The molecule has 2 N–H and O–H groups in total. The summed E-state index contributed by atoms with van der Waals surface area (Å²) >= 11 is 0. The molecular weight excluding hydrogens is 452 g/mol. The first-order valence-corrected chi connectivity index (χ1v) is 13.5. The fourth-order valence-corrected chi connectivity index (χ4v) is 4.65. The summed E-state index contributed by atoms with van der Waals surface area (Å²) in [6, 6.07) is 14.4. The molecule has 0 fully saturated rings. The Kier molecular flexibility index (Phi) is 11.2. The number of carbonyl (C=O) groups is 1. The summed E-state index contributed by atoms with van der Waals surface area (Å²) < 4.78 is 5.92. The Labute approximate surface area is 216 Å². The summed E-state index contributed by atoms with van der Waals surface area (Å²) in [7, 11) is 3.49. The third kappa shape index (κ3) is 8.61. The lowest BCUT2D eigenvalue weighted by Gasteiger charge is -2.26. The SMILES string of the molecule is CCCCc1ccc(CN2CCCCCc3cc(C(=O)N(C)C)ccc3OC[C@@H](O)[C@@H](O)CC2)cc1. The van der Waals surface area contributed by atoms with Gasteiger partial charge in [-0.15, -0.1) is 0 Å². The van der Waals surface area contributed by atoms with Gasteiger partial charge in [-0.2, -0.15) is 0 Å². The van der Waals surface area contributed by atoms with E-state index in [1.165, 1.54) is 24.0 Å². The molecule has 0 aliphatic carbocycles. The normalized spacial score (nSPS) is 20.1. The fourth-order valence-electron chi connectivity index (χ4n) is 4.65. The number of aliphatic hydroxyl groups excluding tert-OH is 2. The van der Waals surface area contributed by atoms with Gasteiger partial charge >= 0.3 is 0 Å². The molecule has 6 heteroatoms. The molecule has 0 spiro atoms. The van der Waals surface area contributed by atoms with E-state index in [4.69, 9.17) is 4.74 Å². The second-order valence-electron chi connectivity index (χ2n) is 10.3. The van der Waals surface area contributed by atoms with Crippen LogP contribution in [0.15, 0.2) is 42.5 Å². The highest BCUT2D eigenvalue weighted by molar-refractivity contribution is 5.94. The Morgan fingerprint density at radius 2 is 1.75 bits per heavy atom. The van der Waals surface area contributed by atoms with Crippen molar-refractivity contribution in [3.8, 4) is 5.75 Å². The number of aliphatic hydroxyl groups is 2. The van der Waals surface area contributed by atoms with Crippen LogP contribution in [0.2, 0.25) is 0 Å². The van der Waals surface area contributed by atoms with Crippen LogP contribution >= 0.6 is 0 Å². The molecule has 36 heavy (non-hydrogen) atoms. The van der Waals surface area contributed by atoms with E-state index in [1.807, 2.05) is 12.1 Å². The van der Waals surface area contributed by atoms with Crippen molar-refractivity contribution in [1.29, 1.82) is 0 Å². The average Bonchev–Trinajstić information content (AvgIpc) is 2.88. The molecule has 198 valence electrons. The van der Waals surface area contributed by atoms with Gasteiger partial charge in [0.05, 0.1) is 6.10 Å². The first-order chi connectivity index (χ1) is 17.4. The number of aryl methyl sites for hydroxylation is 2. The minimum atomic E-state index is -0.969. The first kappa shape index (κ1) is 28.2. The van der Waals surface area contributed by atoms with Gasteiger partial charge in [-0.1, -0.05) is 44.0 Å². The summed E-state index contributed by atoms with van der Waals surface area (Å²) in [6.45, 7) is 4.75. The number of nitrogens with zero attached hydrogens (tertiary/aromatic N) is 2. The highest BCUT2D eigenvalue weighted by atomic mass is 16.5. The third-order valence-electron chi connectivity index (χ3n) is 6.98. The van der Waals surface area contributed by atoms with Gasteiger partial charge < -0.3 is 19.8 Å². The largest absolute Gasteiger partial charge is 0.491 e. The second kappa shape index (κ2) is 14.4. The smallest absolute Gasteiger partial charge is 0.253 e. The predicted octanol–water partition coefficient (Wildman–Crippen LogP) is 4.45. The lowest BCUT2D eigenvalue weighted by Crippen LogP contribution is -2.36. The zero-order chi connectivity index (χ0) is 25.9. The van der Waals surface area contributed by atoms with Crippen molar-refractivity contribution in [2.24, 2.45) is 0 Å². The highest BCUT2D eigenvalue weighted by Crippen LogP contribution is 2.24. The van der Waals surface area contributed by atoms with Gasteiger partial charge in [0.1, 0.15) is 18.5 Å². The molecule has 0 saturated heterocycles. The molecule has 2 atom stereocenters. The Morgan fingerprint density at radius 3 is 2.47 bits per heavy atom. The zero-order valence-electron chi connectivity index (χ0n) is 22.3. The summed E-state index contributed by atoms with van der Waals surface area (Å²) in [5.41, 5.74) is 4.27. The van der Waals surface area contributed by atoms with Crippen LogP contribution in [0.25, 0.3) is 0 Å². The number of ether oxygens (including phenoxy) is 1. The highest BCUT2D eigenvalue weighted by Gasteiger charge is 2.20. The Hall–Kier alpha value is -2.41. The van der Waals surface area contributed by atoms with E-state index in [0.29, 0.717) is 17.7 Å². The van der Waals surface area contributed by atoms with E-state index in [-0.39, 0.29) is 12.5 Å². The van der Waals surface area contributed by atoms with Crippen LogP contribution in [0.4, 0.5) is 0 Å². The van der Waals surface area contributed by atoms with Gasteiger partial charge in [0.25, 0.3) is 5.91 Å². The summed E-state index contributed by atoms with van der Waals surface area (Å²) in [4.78, 5) is 16.4. The number of hydrogen-bond donors (Lipinski definition) is 2. The molecule has 2 aromatic carbocycles. The maximum Gasteiger partial charge on any atom is 0.253 e. The van der Waals surface area contributed by atoms with Crippen LogP contribution in [0.5, 0.6) is 5.75 Å². The van der Waals surface area contributed by atoms with E-state index in [9.17, 15) is 15.0 Å². The van der Waals surface area contributed by atoms with Crippen molar-refractivity contribution in [3.05, 3.63) is 64.7 Å². The zero-order valence-corrected chi connectivity index (χ0v) is 22.3. The number of carbonyl (C=O) groups excluding carboxylic acids is 1. The summed E-state index contributed by atoms with van der Waals surface area (Å²) in [6.07, 6.45) is 6.14. The maximum atomic E-state index is 12.4. The van der Waals surface area contributed by atoms with Gasteiger partial charge in [-0.3, -0.25) is 9.69 Å². The van der Waals surface area contributed by atoms with Crippen LogP contribution in [0.1, 0.15) is 72.5 Å². The predicted molar refractivity (Wildman–Crippen MR) is 144 cm³/mol. The molecule has 3 rings (SSSR count). The van der Waals surface area contributed by atoms with E-state index < -0.39 is 12.2 Å². The van der Waals surface area contributed by atoms with E-state index >= 15 is 0 Å². The molecule has 0 saturated carbocycles. The van der Waals surface area contributed by atoms with Crippen molar-refractivity contribution in [3.63, 3.8) is 0 Å². The molecule has 1 heterocycles. The van der Waals surface area contributed by atoms with Gasteiger partial charge in [0.2, 0.25) is 0 Å². The standard InChI is InChI=1S/C30H44N2O4/c1-4-5-9-23-11-13-24(14-12-23)21-32-18-8-6-7-10-25-20-26(30(35)31(2)3)15-16-29(25)36-22-28(34)27(33)17-19-32/h11-16,20,27-28,33-34H,4-10,17-19,21-22H2,1-3H3/t27-,28+/m0/s1. The molecular formula is C30H44N2O4. The molecule has 0 radical (unpaired) electrons. The fraction of sp³-hybridized carbons (Fsp3) is 0.567. The van der Waals surface area contributed by atoms with E-state index in [0.717, 1.165) is 57.3 Å². The molecule has 0 aromatic heterocycles. The topological polar surface area (TPSA) is 73.2 Å². The molecule has 1 aliphatic rings. The average molecular weight is 497 g/mol. The minimum Gasteiger partial charge on any atom is -0.491 e. The van der Waals surface area contributed by atoms with Crippen LogP contribution in [-0.2, 0) is 19.4 Å². The first-order valence-electron chi connectivity index (χ1n) is 13.5. The third-order valence-corrected chi connectivity index (χ3v) is 6.98. The van der Waals surface area contributed by atoms with Crippen molar-refractivity contribution in [1.82, 2.24) is 9.80 Å². The molecule has 1 amide bonds. The number of fused-ring (bicyclic) bond motifs is 1. The second-order valence-corrected chi connectivity index (χ2v) is 10.3. The molecule has 6 nitrogen and oxygen atoms in total. The van der Waals surface area contributed by atoms with Crippen LogP contribution < -0.4 is 4.74 Å². The van der Waals surface area contributed by atoms with Crippen LogP contribution in [0, 0.1) is 0 Å². The quantitative estimate of drug-likeness (QED) is 0.618. The summed E-state index contributed by atoms with van der Waals surface area (Å²) in [5.74, 6) is 0.638. The van der Waals surface area contributed by atoms with Gasteiger partial charge in [-0.05, 0) is 80.0 Å². The van der Waals surface area contributed by atoms with Gasteiger partial charge in [0, 0.05) is 32.7 Å². The van der Waals surface area contributed by atoms with E-state index in [1.54, 1.807) is 25.1 Å².